The van der Waals surface area contributed by atoms with Crippen molar-refractivity contribution in [3.05, 3.63) is 12.7 Å². The molecule has 6 nitrogen and oxygen atoms in total. The number of aliphatic hydroxyl groups is 1. The second kappa shape index (κ2) is 10.3. The van der Waals surface area contributed by atoms with Crippen molar-refractivity contribution in [3.63, 3.8) is 0 Å². The average molecular weight is 286 g/mol. The van der Waals surface area contributed by atoms with Crippen LogP contribution in [0.2, 0.25) is 0 Å². The molecule has 2 amide bonds. The van der Waals surface area contributed by atoms with Crippen LogP contribution in [0.1, 0.15) is 26.7 Å². The standard InChI is InChI=1S/C14H26N2O4/c1-4-5-16(6-7-17)14(20)15-10-12(8-11(2)3)9-13(18)19/h4,11-12,17H,1,5-10H2,2-3H3,(H,15,20)(H,18,19)/t12-/m0/s1. The number of carbonyl (C=O) groups excluding carboxylic acids is 1. The number of aliphatic carboxylic acids is 1. The molecule has 0 saturated heterocycles. The monoisotopic (exact) mass is 286 g/mol. The molecule has 0 aromatic carbocycles. The predicted molar refractivity (Wildman–Crippen MR) is 77.5 cm³/mol. The van der Waals surface area contributed by atoms with Gasteiger partial charge in [-0.1, -0.05) is 19.9 Å². The zero-order valence-corrected chi connectivity index (χ0v) is 12.3. The van der Waals surface area contributed by atoms with Gasteiger partial charge in [-0.05, 0) is 18.3 Å². The number of carboxylic acid groups (broad SMARTS) is 1. The first kappa shape index (κ1) is 18.4. The first-order valence-electron chi connectivity index (χ1n) is 6.87. The maximum atomic E-state index is 11.9. The smallest absolute Gasteiger partial charge is 0.317 e. The molecule has 0 aliphatic rings. The lowest BCUT2D eigenvalue weighted by atomic mass is 9.94. The summed E-state index contributed by atoms with van der Waals surface area (Å²) in [5.74, 6) is -0.572. The van der Waals surface area contributed by atoms with Gasteiger partial charge < -0.3 is 20.4 Å². The van der Waals surface area contributed by atoms with Crippen molar-refractivity contribution in [1.82, 2.24) is 10.2 Å². The highest BCUT2D eigenvalue weighted by atomic mass is 16.4. The van der Waals surface area contributed by atoms with E-state index >= 15 is 0 Å². The van der Waals surface area contributed by atoms with Gasteiger partial charge in [0.1, 0.15) is 0 Å². The number of hydrogen-bond donors (Lipinski definition) is 3. The molecule has 0 unspecified atom stereocenters. The molecular weight excluding hydrogens is 260 g/mol. The van der Waals surface area contributed by atoms with E-state index in [1.54, 1.807) is 6.08 Å². The molecule has 0 aromatic rings. The lowest BCUT2D eigenvalue weighted by Crippen LogP contribution is -2.43. The highest BCUT2D eigenvalue weighted by Gasteiger charge is 2.18. The number of carbonyl (C=O) groups is 2. The quantitative estimate of drug-likeness (QED) is 0.528. The Balaban J connectivity index is 4.38. The number of nitrogens with zero attached hydrogens (tertiary/aromatic N) is 1. The van der Waals surface area contributed by atoms with Crippen molar-refractivity contribution in [2.45, 2.75) is 26.7 Å². The van der Waals surface area contributed by atoms with Crippen molar-refractivity contribution in [1.29, 1.82) is 0 Å². The molecule has 0 bridgehead atoms. The highest BCUT2D eigenvalue weighted by Crippen LogP contribution is 2.14. The Morgan fingerprint density at radius 2 is 2.05 bits per heavy atom. The Kier molecular flexibility index (Phi) is 9.45. The molecule has 6 heteroatoms. The molecule has 0 rings (SSSR count). The van der Waals surface area contributed by atoms with Crippen molar-refractivity contribution in [2.24, 2.45) is 11.8 Å². The van der Waals surface area contributed by atoms with Gasteiger partial charge in [0, 0.05) is 26.1 Å². The summed E-state index contributed by atoms with van der Waals surface area (Å²) >= 11 is 0. The number of aliphatic hydroxyl groups excluding tert-OH is 1. The van der Waals surface area contributed by atoms with Crippen molar-refractivity contribution < 1.29 is 19.8 Å². The number of hydrogen-bond acceptors (Lipinski definition) is 3. The molecule has 0 heterocycles. The number of nitrogens with one attached hydrogen (secondary N) is 1. The van der Waals surface area contributed by atoms with Crippen LogP contribution >= 0.6 is 0 Å². The average Bonchev–Trinajstić information content (AvgIpc) is 2.34. The molecule has 116 valence electrons. The van der Waals surface area contributed by atoms with Crippen LogP contribution in [0.15, 0.2) is 12.7 Å². The minimum Gasteiger partial charge on any atom is -0.481 e. The first-order chi connectivity index (χ1) is 9.40. The molecule has 0 aliphatic heterocycles. The normalized spacial score (nSPS) is 12.0. The van der Waals surface area contributed by atoms with Crippen LogP contribution in [-0.4, -0.2) is 53.4 Å². The minimum atomic E-state index is -0.858. The van der Waals surface area contributed by atoms with Crippen molar-refractivity contribution in [3.8, 4) is 0 Å². The molecule has 20 heavy (non-hydrogen) atoms. The van der Waals surface area contributed by atoms with Crippen LogP contribution in [-0.2, 0) is 4.79 Å². The van der Waals surface area contributed by atoms with Crippen LogP contribution in [0.25, 0.3) is 0 Å². The van der Waals surface area contributed by atoms with E-state index < -0.39 is 5.97 Å². The van der Waals surface area contributed by atoms with Crippen molar-refractivity contribution in [2.75, 3.05) is 26.2 Å². The molecule has 3 N–H and O–H groups in total. The van der Waals surface area contributed by atoms with Crippen LogP contribution in [0.4, 0.5) is 4.79 Å². The van der Waals surface area contributed by atoms with Gasteiger partial charge in [-0.15, -0.1) is 6.58 Å². The van der Waals surface area contributed by atoms with E-state index in [1.165, 1.54) is 4.90 Å². The van der Waals surface area contributed by atoms with E-state index in [-0.39, 0.29) is 31.5 Å². The van der Waals surface area contributed by atoms with Gasteiger partial charge in [0.15, 0.2) is 0 Å². The Labute approximate surface area is 120 Å². The van der Waals surface area contributed by atoms with E-state index in [0.29, 0.717) is 19.0 Å². The van der Waals surface area contributed by atoms with E-state index in [0.717, 1.165) is 6.42 Å². The molecule has 0 aromatic heterocycles. The number of urea groups is 1. The van der Waals surface area contributed by atoms with Gasteiger partial charge in [-0.25, -0.2) is 4.79 Å². The fourth-order valence-electron chi connectivity index (χ4n) is 2.05. The molecule has 0 saturated carbocycles. The van der Waals surface area contributed by atoms with Gasteiger partial charge in [0.05, 0.1) is 6.61 Å². The fourth-order valence-corrected chi connectivity index (χ4v) is 2.05. The predicted octanol–water partition coefficient (Wildman–Crippen LogP) is 1.31. The maximum Gasteiger partial charge on any atom is 0.317 e. The highest BCUT2D eigenvalue weighted by molar-refractivity contribution is 5.74. The van der Waals surface area contributed by atoms with Gasteiger partial charge in [-0.2, -0.15) is 0 Å². The van der Waals surface area contributed by atoms with Crippen LogP contribution in [0.3, 0.4) is 0 Å². The summed E-state index contributed by atoms with van der Waals surface area (Å²) in [4.78, 5) is 24.1. The summed E-state index contributed by atoms with van der Waals surface area (Å²) in [5.41, 5.74) is 0. The molecule has 0 aliphatic carbocycles. The van der Waals surface area contributed by atoms with E-state index in [1.807, 2.05) is 13.8 Å². The molecule has 0 fully saturated rings. The van der Waals surface area contributed by atoms with Crippen molar-refractivity contribution >= 4 is 12.0 Å². The summed E-state index contributed by atoms with van der Waals surface area (Å²) in [7, 11) is 0. The Hall–Kier alpha value is -1.56. The van der Waals surface area contributed by atoms with E-state index in [4.69, 9.17) is 10.2 Å². The second-order valence-corrected chi connectivity index (χ2v) is 5.24. The minimum absolute atomic E-state index is 0.0416. The fraction of sp³-hybridized carbons (Fsp3) is 0.714. The molecule has 0 spiro atoms. The molecule has 1 atom stereocenters. The molecular formula is C14H26N2O4. The van der Waals surface area contributed by atoms with Gasteiger partial charge in [0.25, 0.3) is 0 Å². The first-order valence-corrected chi connectivity index (χ1v) is 6.87. The van der Waals surface area contributed by atoms with Crippen LogP contribution < -0.4 is 5.32 Å². The van der Waals surface area contributed by atoms with E-state index in [9.17, 15) is 9.59 Å². The maximum absolute atomic E-state index is 11.9. The summed E-state index contributed by atoms with van der Waals surface area (Å²) in [6.45, 7) is 8.38. The lowest BCUT2D eigenvalue weighted by molar-refractivity contribution is -0.138. The summed E-state index contributed by atoms with van der Waals surface area (Å²) in [5, 5.41) is 20.5. The number of rotatable bonds is 10. The third-order valence-corrected chi connectivity index (χ3v) is 2.82. The number of carboxylic acids is 1. The summed E-state index contributed by atoms with van der Waals surface area (Å²) < 4.78 is 0. The Morgan fingerprint density at radius 3 is 2.50 bits per heavy atom. The third kappa shape index (κ3) is 8.53. The molecule has 0 radical (unpaired) electrons. The van der Waals surface area contributed by atoms with Gasteiger partial charge >= 0.3 is 12.0 Å². The third-order valence-electron chi connectivity index (χ3n) is 2.82. The van der Waals surface area contributed by atoms with Crippen LogP contribution in [0.5, 0.6) is 0 Å². The SMILES string of the molecule is C=CCN(CCO)C(=O)NC[C@H](CC(=O)O)CC(C)C. The van der Waals surface area contributed by atoms with Gasteiger partial charge in [-0.3, -0.25) is 4.79 Å². The zero-order valence-electron chi connectivity index (χ0n) is 12.3. The van der Waals surface area contributed by atoms with E-state index in [2.05, 4.69) is 11.9 Å². The zero-order chi connectivity index (χ0) is 15.5. The van der Waals surface area contributed by atoms with Gasteiger partial charge in [0.2, 0.25) is 0 Å². The largest absolute Gasteiger partial charge is 0.481 e. The Morgan fingerprint density at radius 1 is 1.40 bits per heavy atom. The second-order valence-electron chi connectivity index (χ2n) is 5.24. The topological polar surface area (TPSA) is 89.9 Å². The summed E-state index contributed by atoms with van der Waals surface area (Å²) in [6, 6.07) is -0.307. The van der Waals surface area contributed by atoms with Crippen LogP contribution in [0, 0.1) is 11.8 Å². The number of amides is 2. The summed E-state index contributed by atoms with van der Waals surface area (Å²) in [6.07, 6.45) is 2.37. The lowest BCUT2D eigenvalue weighted by Gasteiger charge is -2.23. The Bertz CT molecular complexity index is 318.